The molecule has 0 saturated carbocycles. The summed E-state index contributed by atoms with van der Waals surface area (Å²) in [7, 11) is 0. The number of likely N-dealkylation sites (tertiary alicyclic amines) is 1. The fraction of sp³-hybridized carbons (Fsp3) is 0.417. The van der Waals surface area contributed by atoms with E-state index in [1.807, 2.05) is 42.5 Å². The lowest BCUT2D eigenvalue weighted by molar-refractivity contribution is -0.140. The second kappa shape index (κ2) is 14.1. The topological polar surface area (TPSA) is 57.6 Å². The number of benzene rings is 2. The molecule has 0 bridgehead atoms. The van der Waals surface area contributed by atoms with Crippen LogP contribution in [0, 0.1) is 0 Å². The van der Waals surface area contributed by atoms with E-state index in [4.69, 9.17) is 33.1 Å². The van der Waals surface area contributed by atoms with Crippen molar-refractivity contribution in [1.82, 2.24) is 4.90 Å². The zero-order valence-electron chi connectivity index (χ0n) is 17.9. The van der Waals surface area contributed by atoms with Gasteiger partial charge in [0, 0.05) is 29.4 Å². The van der Waals surface area contributed by atoms with Crippen LogP contribution in [0.25, 0.3) is 0 Å². The Kier molecular flexibility index (Phi) is 12.2. The number of carbonyl (C=O) groups is 2. The predicted octanol–water partition coefficient (Wildman–Crippen LogP) is 7.01. The number of piperidine rings is 1. The number of carbonyl (C=O) groups excluding carboxylic acids is 1. The van der Waals surface area contributed by atoms with E-state index in [0.717, 1.165) is 42.7 Å². The van der Waals surface area contributed by atoms with Crippen LogP contribution in [0.1, 0.15) is 64.5 Å². The molecule has 164 valence electrons. The predicted molar refractivity (Wildman–Crippen MR) is 124 cm³/mol. The van der Waals surface area contributed by atoms with Crippen molar-refractivity contribution < 1.29 is 14.7 Å². The maximum Gasteiger partial charge on any atom is 0.300 e. The average molecular weight is 452 g/mol. The highest BCUT2D eigenvalue weighted by molar-refractivity contribution is 6.30. The van der Waals surface area contributed by atoms with E-state index in [9.17, 15) is 4.79 Å². The van der Waals surface area contributed by atoms with E-state index in [1.54, 1.807) is 0 Å². The van der Waals surface area contributed by atoms with Crippen molar-refractivity contribution in [2.75, 3.05) is 0 Å². The quantitative estimate of drug-likeness (QED) is 0.543. The van der Waals surface area contributed by atoms with E-state index in [2.05, 4.69) is 30.9 Å². The van der Waals surface area contributed by atoms with Crippen LogP contribution in [0.4, 0.5) is 0 Å². The Labute approximate surface area is 189 Å². The first kappa shape index (κ1) is 26.0. The largest absolute Gasteiger partial charge is 0.481 e. The Balaban J connectivity index is 0.000000336. The van der Waals surface area contributed by atoms with Gasteiger partial charge in [0.05, 0.1) is 6.04 Å². The third-order valence-corrected chi connectivity index (χ3v) is 5.32. The van der Waals surface area contributed by atoms with Gasteiger partial charge in [0.2, 0.25) is 5.91 Å². The molecule has 1 unspecified atom stereocenters. The summed E-state index contributed by atoms with van der Waals surface area (Å²) in [6.45, 7) is 5.41. The molecule has 2 aromatic carbocycles. The van der Waals surface area contributed by atoms with Gasteiger partial charge in [-0.05, 0) is 55.5 Å². The lowest BCUT2D eigenvalue weighted by Crippen LogP contribution is -2.44. The van der Waals surface area contributed by atoms with Gasteiger partial charge in [0.1, 0.15) is 0 Å². The molecule has 1 aliphatic heterocycles. The Bertz CT molecular complexity index is 758. The van der Waals surface area contributed by atoms with Gasteiger partial charge >= 0.3 is 0 Å². The molecular formula is C24H31Cl2NO3. The van der Waals surface area contributed by atoms with Crippen molar-refractivity contribution in [2.24, 2.45) is 0 Å². The minimum absolute atomic E-state index is 0.225. The van der Waals surface area contributed by atoms with Crippen molar-refractivity contribution >= 4 is 35.1 Å². The molecule has 6 heteroatoms. The van der Waals surface area contributed by atoms with Gasteiger partial charge in [-0.2, -0.15) is 0 Å². The third-order valence-electron chi connectivity index (χ3n) is 4.82. The molecule has 30 heavy (non-hydrogen) atoms. The summed E-state index contributed by atoms with van der Waals surface area (Å²) in [6, 6.07) is 18.0. The summed E-state index contributed by atoms with van der Waals surface area (Å²) in [4.78, 5) is 23.4. The molecule has 0 spiro atoms. The van der Waals surface area contributed by atoms with Crippen LogP contribution in [-0.2, 0) is 9.59 Å². The first-order valence-corrected chi connectivity index (χ1v) is 11.0. The number of carboxylic acid groups (broad SMARTS) is 1. The summed E-state index contributed by atoms with van der Waals surface area (Å²) in [5.74, 6) is -0.528. The number of amides is 1. The lowest BCUT2D eigenvalue weighted by atomic mass is 9.92. The first-order chi connectivity index (χ1) is 14.3. The SMILES string of the molecule is CC(=O)O.CCC(CC)N1C(=O)CCCC1c1ccc(Cl)cc1.Clc1ccccc1. The minimum atomic E-state index is -0.833. The molecule has 0 radical (unpaired) electrons. The summed E-state index contributed by atoms with van der Waals surface area (Å²) in [5, 5.41) is 8.96. The molecule has 1 aliphatic rings. The molecule has 1 fully saturated rings. The molecule has 1 saturated heterocycles. The minimum Gasteiger partial charge on any atom is -0.481 e. The van der Waals surface area contributed by atoms with Crippen LogP contribution in [0.15, 0.2) is 54.6 Å². The number of halogens is 2. The smallest absolute Gasteiger partial charge is 0.300 e. The fourth-order valence-electron chi connectivity index (χ4n) is 3.46. The lowest BCUT2D eigenvalue weighted by Gasteiger charge is -2.41. The van der Waals surface area contributed by atoms with Crippen LogP contribution in [-0.4, -0.2) is 27.9 Å². The maximum absolute atomic E-state index is 12.3. The van der Waals surface area contributed by atoms with E-state index >= 15 is 0 Å². The van der Waals surface area contributed by atoms with Crippen LogP contribution in [0.5, 0.6) is 0 Å². The molecule has 1 atom stereocenters. The van der Waals surface area contributed by atoms with Crippen molar-refractivity contribution in [3.8, 4) is 0 Å². The molecule has 0 aliphatic carbocycles. The molecule has 4 nitrogen and oxygen atoms in total. The first-order valence-electron chi connectivity index (χ1n) is 10.3. The molecule has 1 amide bonds. The van der Waals surface area contributed by atoms with E-state index in [0.29, 0.717) is 18.4 Å². The van der Waals surface area contributed by atoms with Crippen LogP contribution in [0.2, 0.25) is 10.0 Å². The highest BCUT2D eigenvalue weighted by atomic mass is 35.5. The van der Waals surface area contributed by atoms with Gasteiger partial charge < -0.3 is 10.0 Å². The summed E-state index contributed by atoms with van der Waals surface area (Å²) < 4.78 is 0. The number of carboxylic acids is 1. The molecule has 0 aromatic heterocycles. The molecule has 2 aromatic rings. The van der Waals surface area contributed by atoms with Gasteiger partial charge in [-0.3, -0.25) is 9.59 Å². The van der Waals surface area contributed by atoms with Crippen molar-refractivity contribution in [1.29, 1.82) is 0 Å². The van der Waals surface area contributed by atoms with Gasteiger partial charge in [-0.25, -0.2) is 0 Å². The van der Waals surface area contributed by atoms with Crippen LogP contribution >= 0.6 is 23.2 Å². The number of rotatable bonds is 4. The average Bonchev–Trinajstić information content (AvgIpc) is 2.71. The second-order valence-electron chi connectivity index (χ2n) is 7.05. The maximum atomic E-state index is 12.3. The van der Waals surface area contributed by atoms with Crippen LogP contribution in [0.3, 0.4) is 0 Å². The number of aliphatic carboxylic acids is 1. The summed E-state index contributed by atoms with van der Waals surface area (Å²) >= 11 is 11.5. The summed E-state index contributed by atoms with van der Waals surface area (Å²) in [5.41, 5.74) is 1.21. The van der Waals surface area contributed by atoms with Gasteiger partial charge in [-0.15, -0.1) is 0 Å². The Morgan fingerprint density at radius 3 is 1.97 bits per heavy atom. The van der Waals surface area contributed by atoms with E-state index in [-0.39, 0.29) is 6.04 Å². The normalized spacial score (nSPS) is 15.6. The van der Waals surface area contributed by atoms with Crippen molar-refractivity contribution in [3.05, 3.63) is 70.2 Å². The molecular weight excluding hydrogens is 421 g/mol. The highest BCUT2D eigenvalue weighted by Gasteiger charge is 2.32. The third kappa shape index (κ3) is 9.19. The number of hydrogen-bond donors (Lipinski definition) is 1. The standard InChI is InChI=1S/C16H22ClNO.C6H5Cl.C2H4O2/c1-3-14(4-2)18-15(6-5-7-16(18)19)12-8-10-13(17)11-9-12;7-6-4-2-1-3-5-6;1-2(3)4/h8-11,14-15H,3-7H2,1-2H3;1-5H;1H3,(H,3,4). The Morgan fingerprint density at radius 2 is 1.53 bits per heavy atom. The molecule has 1 N–H and O–H groups in total. The Hall–Kier alpha value is -2.04. The fourth-order valence-corrected chi connectivity index (χ4v) is 3.73. The van der Waals surface area contributed by atoms with Gasteiger partial charge in [0.25, 0.3) is 5.97 Å². The van der Waals surface area contributed by atoms with Crippen molar-refractivity contribution in [3.63, 3.8) is 0 Å². The number of nitrogens with zero attached hydrogens (tertiary/aromatic N) is 1. The van der Waals surface area contributed by atoms with Gasteiger partial charge in [-0.1, -0.05) is 67.4 Å². The zero-order valence-corrected chi connectivity index (χ0v) is 19.4. The van der Waals surface area contributed by atoms with Crippen molar-refractivity contribution in [2.45, 2.75) is 65.0 Å². The number of hydrogen-bond acceptors (Lipinski definition) is 2. The van der Waals surface area contributed by atoms with Gasteiger partial charge in [0.15, 0.2) is 0 Å². The van der Waals surface area contributed by atoms with Crippen LogP contribution < -0.4 is 0 Å². The Morgan fingerprint density at radius 1 is 1.03 bits per heavy atom. The van der Waals surface area contributed by atoms with E-state index in [1.165, 1.54) is 5.56 Å². The summed E-state index contributed by atoms with van der Waals surface area (Å²) in [6.07, 6.45) is 4.78. The highest BCUT2D eigenvalue weighted by Crippen LogP contribution is 2.35. The molecule has 1 heterocycles. The monoisotopic (exact) mass is 451 g/mol. The molecule has 3 rings (SSSR count). The zero-order chi connectivity index (χ0) is 22.5. The second-order valence-corrected chi connectivity index (χ2v) is 7.92. The van der Waals surface area contributed by atoms with E-state index < -0.39 is 5.97 Å².